The predicted octanol–water partition coefficient (Wildman–Crippen LogP) is 2.03. The SMILES string of the molecule is CCCn1cc(CN2CCCCC2CN)cn1.Cl. The molecule has 4 nitrogen and oxygen atoms in total. The summed E-state index contributed by atoms with van der Waals surface area (Å²) in [5.74, 6) is 0. The number of rotatable bonds is 5. The van der Waals surface area contributed by atoms with Gasteiger partial charge in [0.15, 0.2) is 0 Å². The topological polar surface area (TPSA) is 47.1 Å². The van der Waals surface area contributed by atoms with Crippen molar-refractivity contribution in [1.29, 1.82) is 0 Å². The lowest BCUT2D eigenvalue weighted by Gasteiger charge is -2.34. The van der Waals surface area contributed by atoms with Crippen LogP contribution in [0.2, 0.25) is 0 Å². The van der Waals surface area contributed by atoms with Crippen molar-refractivity contribution in [3.63, 3.8) is 0 Å². The Morgan fingerprint density at radius 3 is 3.00 bits per heavy atom. The Labute approximate surface area is 116 Å². The maximum Gasteiger partial charge on any atom is 0.0534 e. The summed E-state index contributed by atoms with van der Waals surface area (Å²) in [5.41, 5.74) is 7.16. The highest BCUT2D eigenvalue weighted by Gasteiger charge is 2.21. The molecule has 0 bridgehead atoms. The first-order chi connectivity index (χ1) is 8.33. The molecule has 0 aliphatic carbocycles. The van der Waals surface area contributed by atoms with Gasteiger partial charge in [-0.15, -0.1) is 12.4 Å². The molecule has 0 aromatic carbocycles. The van der Waals surface area contributed by atoms with Crippen LogP contribution in [0.1, 0.15) is 38.2 Å². The second-order valence-corrected chi connectivity index (χ2v) is 4.97. The number of likely N-dealkylation sites (tertiary alicyclic amines) is 1. The molecule has 2 rings (SSSR count). The monoisotopic (exact) mass is 272 g/mol. The summed E-state index contributed by atoms with van der Waals surface area (Å²) < 4.78 is 2.04. The van der Waals surface area contributed by atoms with Crippen LogP contribution in [-0.2, 0) is 13.1 Å². The average Bonchev–Trinajstić information content (AvgIpc) is 2.78. The summed E-state index contributed by atoms with van der Waals surface area (Å²) in [7, 11) is 0. The molecule has 2 heterocycles. The van der Waals surface area contributed by atoms with Crippen molar-refractivity contribution < 1.29 is 0 Å². The molecular formula is C13H25ClN4. The molecular weight excluding hydrogens is 248 g/mol. The molecule has 0 saturated carbocycles. The van der Waals surface area contributed by atoms with Crippen LogP contribution in [0.4, 0.5) is 0 Å². The summed E-state index contributed by atoms with van der Waals surface area (Å²) in [4.78, 5) is 2.51. The van der Waals surface area contributed by atoms with Crippen molar-refractivity contribution in [2.75, 3.05) is 13.1 Å². The number of halogens is 1. The number of aryl methyl sites for hydroxylation is 1. The molecule has 1 aliphatic heterocycles. The highest BCUT2D eigenvalue weighted by molar-refractivity contribution is 5.85. The quantitative estimate of drug-likeness (QED) is 0.892. The van der Waals surface area contributed by atoms with Crippen molar-refractivity contribution in [3.8, 4) is 0 Å². The maximum absolute atomic E-state index is 5.84. The zero-order valence-electron chi connectivity index (χ0n) is 11.2. The van der Waals surface area contributed by atoms with Gasteiger partial charge >= 0.3 is 0 Å². The van der Waals surface area contributed by atoms with Crippen LogP contribution in [0, 0.1) is 0 Å². The van der Waals surface area contributed by atoms with Gasteiger partial charge in [-0.25, -0.2) is 0 Å². The summed E-state index contributed by atoms with van der Waals surface area (Å²) >= 11 is 0. The number of hydrogen-bond acceptors (Lipinski definition) is 3. The fourth-order valence-electron chi connectivity index (χ4n) is 2.61. The number of aromatic nitrogens is 2. The summed E-state index contributed by atoms with van der Waals surface area (Å²) in [5, 5.41) is 4.38. The van der Waals surface area contributed by atoms with Crippen LogP contribution in [0.5, 0.6) is 0 Å². The van der Waals surface area contributed by atoms with E-state index >= 15 is 0 Å². The molecule has 5 heteroatoms. The molecule has 2 N–H and O–H groups in total. The van der Waals surface area contributed by atoms with Gasteiger partial charge in [-0.3, -0.25) is 9.58 Å². The molecule has 1 atom stereocenters. The van der Waals surface area contributed by atoms with Crippen molar-refractivity contribution in [2.24, 2.45) is 5.73 Å². The maximum atomic E-state index is 5.84. The van der Waals surface area contributed by atoms with Gasteiger partial charge in [0.05, 0.1) is 6.20 Å². The van der Waals surface area contributed by atoms with E-state index in [1.165, 1.54) is 31.4 Å². The Bertz CT molecular complexity index is 339. The third-order valence-electron chi connectivity index (χ3n) is 3.55. The van der Waals surface area contributed by atoms with E-state index in [9.17, 15) is 0 Å². The van der Waals surface area contributed by atoms with Crippen LogP contribution in [-0.4, -0.2) is 33.8 Å². The molecule has 1 fully saturated rings. The largest absolute Gasteiger partial charge is 0.329 e. The van der Waals surface area contributed by atoms with E-state index in [2.05, 4.69) is 23.1 Å². The Morgan fingerprint density at radius 2 is 2.28 bits per heavy atom. The van der Waals surface area contributed by atoms with E-state index in [0.717, 1.165) is 26.1 Å². The number of hydrogen-bond donors (Lipinski definition) is 1. The molecule has 0 amide bonds. The summed E-state index contributed by atoms with van der Waals surface area (Å²) in [6.07, 6.45) is 9.19. The number of piperidine rings is 1. The Balaban J connectivity index is 0.00000162. The molecule has 104 valence electrons. The smallest absolute Gasteiger partial charge is 0.0534 e. The van der Waals surface area contributed by atoms with E-state index in [1.807, 2.05) is 10.9 Å². The third-order valence-corrected chi connectivity index (χ3v) is 3.55. The van der Waals surface area contributed by atoms with Crippen LogP contribution in [0.25, 0.3) is 0 Å². The number of nitrogens with zero attached hydrogens (tertiary/aromatic N) is 3. The minimum atomic E-state index is 0. The Kier molecular flexibility index (Phi) is 6.68. The highest BCUT2D eigenvalue weighted by atomic mass is 35.5. The second-order valence-electron chi connectivity index (χ2n) is 4.97. The van der Waals surface area contributed by atoms with Gasteiger partial charge in [-0.1, -0.05) is 13.3 Å². The zero-order valence-corrected chi connectivity index (χ0v) is 12.0. The van der Waals surface area contributed by atoms with Crippen molar-refractivity contribution in [2.45, 2.75) is 51.7 Å². The lowest BCUT2D eigenvalue weighted by molar-refractivity contribution is 0.145. The molecule has 18 heavy (non-hydrogen) atoms. The van der Waals surface area contributed by atoms with Gasteiger partial charge in [0.2, 0.25) is 0 Å². The average molecular weight is 273 g/mol. The summed E-state index contributed by atoms with van der Waals surface area (Å²) in [6, 6.07) is 0.568. The van der Waals surface area contributed by atoms with E-state index in [0.29, 0.717) is 6.04 Å². The minimum Gasteiger partial charge on any atom is -0.329 e. The molecule has 1 unspecified atom stereocenters. The predicted molar refractivity (Wildman–Crippen MR) is 76.9 cm³/mol. The highest BCUT2D eigenvalue weighted by Crippen LogP contribution is 2.18. The fraction of sp³-hybridized carbons (Fsp3) is 0.769. The minimum absolute atomic E-state index is 0. The Hall–Kier alpha value is -0.580. The van der Waals surface area contributed by atoms with E-state index < -0.39 is 0 Å². The van der Waals surface area contributed by atoms with Gasteiger partial charge in [0.25, 0.3) is 0 Å². The van der Waals surface area contributed by atoms with E-state index in [-0.39, 0.29) is 12.4 Å². The molecule has 1 aromatic heterocycles. The van der Waals surface area contributed by atoms with Crippen LogP contribution in [0.15, 0.2) is 12.4 Å². The Morgan fingerprint density at radius 1 is 1.44 bits per heavy atom. The first-order valence-corrected chi connectivity index (χ1v) is 6.79. The molecule has 1 aliphatic rings. The molecule has 1 aromatic rings. The zero-order chi connectivity index (χ0) is 12.1. The molecule has 0 radical (unpaired) electrons. The number of nitrogens with two attached hydrogens (primary N) is 1. The first-order valence-electron chi connectivity index (χ1n) is 6.79. The second kappa shape index (κ2) is 7.77. The van der Waals surface area contributed by atoms with Crippen molar-refractivity contribution in [3.05, 3.63) is 18.0 Å². The van der Waals surface area contributed by atoms with E-state index in [1.54, 1.807) is 0 Å². The summed E-state index contributed by atoms with van der Waals surface area (Å²) in [6.45, 7) is 6.16. The fourth-order valence-corrected chi connectivity index (χ4v) is 2.61. The van der Waals surface area contributed by atoms with Gasteiger partial charge in [0, 0.05) is 37.4 Å². The third kappa shape index (κ3) is 3.97. The molecule has 1 saturated heterocycles. The van der Waals surface area contributed by atoms with Crippen LogP contribution < -0.4 is 5.73 Å². The van der Waals surface area contributed by atoms with Crippen molar-refractivity contribution in [1.82, 2.24) is 14.7 Å². The normalized spacial score (nSPS) is 20.7. The first kappa shape index (κ1) is 15.5. The lowest BCUT2D eigenvalue weighted by atomic mass is 10.0. The standard InChI is InChI=1S/C13H24N4.ClH/c1-2-6-17-11-12(9-15-17)10-16-7-4-3-5-13(16)8-14;/h9,11,13H,2-8,10,14H2,1H3;1H. The van der Waals surface area contributed by atoms with Crippen LogP contribution >= 0.6 is 12.4 Å². The molecule has 0 spiro atoms. The van der Waals surface area contributed by atoms with E-state index in [4.69, 9.17) is 5.73 Å². The van der Waals surface area contributed by atoms with Gasteiger partial charge in [-0.2, -0.15) is 5.10 Å². The lowest BCUT2D eigenvalue weighted by Crippen LogP contribution is -2.43. The van der Waals surface area contributed by atoms with Crippen molar-refractivity contribution >= 4 is 12.4 Å². The van der Waals surface area contributed by atoms with Gasteiger partial charge < -0.3 is 5.73 Å². The van der Waals surface area contributed by atoms with Gasteiger partial charge in [-0.05, 0) is 25.8 Å². The van der Waals surface area contributed by atoms with Gasteiger partial charge in [0.1, 0.15) is 0 Å². The van der Waals surface area contributed by atoms with Crippen LogP contribution in [0.3, 0.4) is 0 Å².